The number of nitrogens with one attached hydrogen (secondary N) is 1. The van der Waals surface area contributed by atoms with E-state index in [0.29, 0.717) is 34.7 Å². The lowest BCUT2D eigenvalue weighted by Crippen LogP contribution is -2.29. The zero-order chi connectivity index (χ0) is 16.8. The third-order valence-electron chi connectivity index (χ3n) is 5.30. The molecule has 1 N–H and O–H groups in total. The Bertz CT molecular complexity index is 778. The van der Waals surface area contributed by atoms with E-state index < -0.39 is 0 Å². The van der Waals surface area contributed by atoms with Crippen molar-refractivity contribution in [2.75, 3.05) is 0 Å². The number of halogens is 1. The van der Waals surface area contributed by atoms with Gasteiger partial charge < -0.3 is 9.84 Å². The Balaban J connectivity index is 1.44. The predicted molar refractivity (Wildman–Crippen MR) is 85.3 cm³/mol. The average molecular weight is 329 g/mol. The maximum absolute atomic E-state index is 13.4. The van der Waals surface area contributed by atoms with Crippen molar-refractivity contribution in [3.63, 3.8) is 0 Å². The van der Waals surface area contributed by atoms with Crippen LogP contribution in [0.15, 0.2) is 22.7 Å². The Kier molecular flexibility index (Phi) is 3.62. The molecule has 1 aromatic carbocycles. The van der Waals surface area contributed by atoms with Crippen LogP contribution in [0, 0.1) is 30.5 Å². The molecule has 2 fully saturated rings. The highest BCUT2D eigenvalue weighted by Crippen LogP contribution is 2.57. The summed E-state index contributed by atoms with van der Waals surface area (Å²) in [6.07, 6.45) is 3.59. The first-order valence-corrected chi connectivity index (χ1v) is 8.45. The van der Waals surface area contributed by atoms with E-state index in [1.807, 2.05) is 6.92 Å². The molecule has 6 heteroatoms. The molecule has 0 bridgehead atoms. The summed E-state index contributed by atoms with van der Waals surface area (Å²) in [5.74, 6) is 1.93. The van der Waals surface area contributed by atoms with Crippen LogP contribution in [-0.2, 0) is 4.79 Å². The molecule has 126 valence electrons. The Morgan fingerprint density at radius 3 is 2.83 bits per heavy atom. The van der Waals surface area contributed by atoms with E-state index in [-0.39, 0.29) is 23.7 Å². The fraction of sp³-hybridized carbons (Fsp3) is 0.500. The van der Waals surface area contributed by atoms with Crippen molar-refractivity contribution in [2.24, 2.45) is 17.8 Å². The third-order valence-corrected chi connectivity index (χ3v) is 5.30. The fourth-order valence-corrected chi connectivity index (χ4v) is 3.89. The van der Waals surface area contributed by atoms with Gasteiger partial charge in [-0.15, -0.1) is 0 Å². The third kappa shape index (κ3) is 2.60. The number of hydrogen-bond acceptors (Lipinski definition) is 4. The van der Waals surface area contributed by atoms with Crippen LogP contribution in [0.25, 0.3) is 11.4 Å². The van der Waals surface area contributed by atoms with Crippen LogP contribution in [0.2, 0.25) is 0 Å². The van der Waals surface area contributed by atoms with Crippen LogP contribution in [-0.4, -0.2) is 16.0 Å². The van der Waals surface area contributed by atoms with Crippen molar-refractivity contribution in [3.05, 3.63) is 35.5 Å². The second kappa shape index (κ2) is 5.69. The van der Waals surface area contributed by atoms with Crippen molar-refractivity contribution < 1.29 is 13.7 Å². The standard InChI is InChI=1S/C18H20FN3O2/c1-9-8-11(6-7-14(9)19)16-21-18(24-22-16)10(2)20-17(23)15-12-4-3-5-13(12)15/h6-8,10,12-13,15H,3-5H2,1-2H3,(H,20,23)/t10-,12+,13+/m0/s1. The summed E-state index contributed by atoms with van der Waals surface area (Å²) in [6, 6.07) is 4.35. The van der Waals surface area contributed by atoms with E-state index in [0.717, 1.165) is 0 Å². The van der Waals surface area contributed by atoms with Gasteiger partial charge in [0, 0.05) is 11.5 Å². The normalized spacial score (nSPS) is 26.0. The van der Waals surface area contributed by atoms with Gasteiger partial charge in [0.2, 0.25) is 17.6 Å². The van der Waals surface area contributed by atoms with E-state index in [4.69, 9.17) is 4.52 Å². The minimum Gasteiger partial charge on any atom is -0.344 e. The number of aryl methyl sites for hydroxylation is 1. The highest BCUT2D eigenvalue weighted by atomic mass is 19.1. The molecule has 5 nitrogen and oxygen atoms in total. The number of nitrogens with zero attached hydrogens (tertiary/aromatic N) is 2. The van der Waals surface area contributed by atoms with Crippen molar-refractivity contribution >= 4 is 5.91 Å². The molecule has 0 aliphatic heterocycles. The van der Waals surface area contributed by atoms with E-state index in [1.54, 1.807) is 19.1 Å². The lowest BCUT2D eigenvalue weighted by Gasteiger charge is -2.10. The number of hydrogen-bond donors (Lipinski definition) is 1. The Hall–Kier alpha value is -2.24. The average Bonchev–Trinajstić information content (AvgIpc) is 2.96. The minimum atomic E-state index is -0.332. The van der Waals surface area contributed by atoms with Crippen LogP contribution >= 0.6 is 0 Å². The van der Waals surface area contributed by atoms with Crippen molar-refractivity contribution in [3.8, 4) is 11.4 Å². The summed E-state index contributed by atoms with van der Waals surface area (Å²) in [6.45, 7) is 3.53. The first-order valence-electron chi connectivity index (χ1n) is 8.45. The van der Waals surface area contributed by atoms with Gasteiger partial charge in [-0.05, 0) is 62.3 Å². The van der Waals surface area contributed by atoms with Crippen LogP contribution < -0.4 is 5.32 Å². The van der Waals surface area contributed by atoms with Gasteiger partial charge in [-0.2, -0.15) is 4.98 Å². The van der Waals surface area contributed by atoms with Gasteiger partial charge in [-0.3, -0.25) is 4.79 Å². The van der Waals surface area contributed by atoms with Gasteiger partial charge in [0.1, 0.15) is 11.9 Å². The first-order chi connectivity index (χ1) is 11.5. The maximum Gasteiger partial charge on any atom is 0.249 e. The second-order valence-electron chi connectivity index (χ2n) is 6.93. The summed E-state index contributed by atoms with van der Waals surface area (Å²) < 4.78 is 18.6. The molecule has 2 aromatic rings. The Morgan fingerprint density at radius 1 is 1.38 bits per heavy atom. The van der Waals surface area contributed by atoms with Crippen LogP contribution in [0.4, 0.5) is 4.39 Å². The van der Waals surface area contributed by atoms with Gasteiger partial charge in [-0.1, -0.05) is 11.6 Å². The SMILES string of the molecule is Cc1cc(-c2noc([C@H](C)NC(=O)C3[C@@H]4CCC[C@@H]34)n2)ccc1F. The lowest BCUT2D eigenvalue weighted by molar-refractivity contribution is -0.123. The number of amides is 1. The molecular formula is C18H20FN3O2. The van der Waals surface area contributed by atoms with E-state index >= 15 is 0 Å². The van der Waals surface area contributed by atoms with Crippen LogP contribution in [0.3, 0.4) is 0 Å². The van der Waals surface area contributed by atoms with E-state index in [1.165, 1.54) is 25.3 Å². The molecule has 3 atom stereocenters. The van der Waals surface area contributed by atoms with Gasteiger partial charge >= 0.3 is 0 Å². The maximum atomic E-state index is 13.4. The van der Waals surface area contributed by atoms with Gasteiger partial charge in [-0.25, -0.2) is 4.39 Å². The van der Waals surface area contributed by atoms with E-state index in [9.17, 15) is 9.18 Å². The smallest absolute Gasteiger partial charge is 0.249 e. The van der Waals surface area contributed by atoms with Crippen LogP contribution in [0.1, 0.15) is 43.7 Å². The van der Waals surface area contributed by atoms with Gasteiger partial charge in [0.15, 0.2) is 0 Å². The summed E-state index contributed by atoms with van der Waals surface area (Å²) in [5, 5.41) is 6.92. The molecule has 0 radical (unpaired) electrons. The molecule has 0 saturated heterocycles. The summed E-state index contributed by atoms with van der Waals surface area (Å²) in [4.78, 5) is 16.7. The van der Waals surface area contributed by atoms with E-state index in [2.05, 4.69) is 15.5 Å². The zero-order valence-electron chi connectivity index (χ0n) is 13.8. The molecule has 1 amide bonds. The van der Waals surface area contributed by atoms with Crippen molar-refractivity contribution in [2.45, 2.75) is 39.2 Å². The number of carbonyl (C=O) groups is 1. The second-order valence-corrected chi connectivity index (χ2v) is 6.93. The topological polar surface area (TPSA) is 68.0 Å². The molecule has 1 aromatic heterocycles. The van der Waals surface area contributed by atoms with Crippen LogP contribution in [0.5, 0.6) is 0 Å². The quantitative estimate of drug-likeness (QED) is 0.933. The monoisotopic (exact) mass is 329 g/mol. The van der Waals surface area contributed by atoms with Crippen molar-refractivity contribution in [1.82, 2.24) is 15.5 Å². The molecule has 2 aliphatic carbocycles. The number of benzene rings is 1. The summed E-state index contributed by atoms with van der Waals surface area (Å²) in [5.41, 5.74) is 1.22. The lowest BCUT2D eigenvalue weighted by atomic mass is 10.1. The highest BCUT2D eigenvalue weighted by Gasteiger charge is 2.56. The number of aromatic nitrogens is 2. The number of carbonyl (C=O) groups excluding carboxylic acids is 1. The molecule has 2 saturated carbocycles. The fourth-order valence-electron chi connectivity index (χ4n) is 3.89. The summed E-state index contributed by atoms with van der Waals surface area (Å²) in [7, 11) is 0. The number of fused-ring (bicyclic) bond motifs is 1. The molecule has 1 heterocycles. The molecule has 0 spiro atoms. The molecular weight excluding hydrogens is 309 g/mol. The molecule has 2 aliphatic rings. The largest absolute Gasteiger partial charge is 0.344 e. The first kappa shape index (κ1) is 15.3. The summed E-state index contributed by atoms with van der Waals surface area (Å²) >= 11 is 0. The minimum absolute atomic E-state index is 0.0922. The van der Waals surface area contributed by atoms with Gasteiger partial charge in [0.05, 0.1) is 0 Å². The highest BCUT2D eigenvalue weighted by molar-refractivity contribution is 5.82. The molecule has 0 unspecified atom stereocenters. The number of rotatable bonds is 4. The molecule has 4 rings (SSSR count). The molecule has 24 heavy (non-hydrogen) atoms. The van der Waals surface area contributed by atoms with Gasteiger partial charge in [0.25, 0.3) is 0 Å². The zero-order valence-corrected chi connectivity index (χ0v) is 13.8. The Morgan fingerprint density at radius 2 is 2.12 bits per heavy atom. The van der Waals surface area contributed by atoms with Crippen molar-refractivity contribution in [1.29, 1.82) is 0 Å². The Labute approximate surface area is 139 Å². The predicted octanol–water partition coefficient (Wildman–Crippen LogP) is 3.41.